The minimum absolute atomic E-state index is 0.0170. The first-order chi connectivity index (χ1) is 11.7. The minimum Gasteiger partial charge on any atom is -0.496 e. The zero-order chi connectivity index (χ0) is 18.8. The fraction of sp³-hybridized carbons (Fsp3) is 0.188. The summed E-state index contributed by atoms with van der Waals surface area (Å²) >= 11 is 9.21. The van der Waals surface area contributed by atoms with E-state index in [-0.39, 0.29) is 22.1 Å². The van der Waals surface area contributed by atoms with Crippen LogP contribution < -0.4 is 9.46 Å². The second kappa shape index (κ2) is 7.63. The number of nitrogens with zero attached hydrogens (tertiary/aromatic N) is 1. The maximum absolute atomic E-state index is 12.7. The summed E-state index contributed by atoms with van der Waals surface area (Å²) in [6.07, 6.45) is 0. The Morgan fingerprint density at radius 2 is 1.88 bits per heavy atom. The largest absolute Gasteiger partial charge is 0.496 e. The molecule has 0 aliphatic carbocycles. The number of carbonyl (C=O) groups excluding carboxylic acids is 1. The summed E-state index contributed by atoms with van der Waals surface area (Å²) in [6.45, 7) is 0. The van der Waals surface area contributed by atoms with Gasteiger partial charge in [0.25, 0.3) is 15.9 Å². The Morgan fingerprint density at radius 3 is 2.44 bits per heavy atom. The number of halogens is 2. The third kappa shape index (κ3) is 4.45. The molecule has 1 amide bonds. The monoisotopic (exact) mass is 446 g/mol. The van der Waals surface area contributed by atoms with Crippen molar-refractivity contribution in [1.29, 1.82) is 0 Å². The molecule has 0 heterocycles. The molecular formula is C16H16BrClN2O4S. The molecule has 6 nitrogen and oxygen atoms in total. The molecule has 0 atom stereocenters. The molecule has 0 saturated carbocycles. The van der Waals surface area contributed by atoms with Gasteiger partial charge in [0.05, 0.1) is 27.7 Å². The van der Waals surface area contributed by atoms with E-state index in [9.17, 15) is 13.2 Å². The Kier molecular flexibility index (Phi) is 5.97. The molecular weight excluding hydrogens is 432 g/mol. The van der Waals surface area contributed by atoms with E-state index in [1.54, 1.807) is 14.1 Å². The number of amides is 1. The van der Waals surface area contributed by atoms with Crippen LogP contribution in [0.3, 0.4) is 0 Å². The van der Waals surface area contributed by atoms with Crippen LogP contribution in [-0.2, 0) is 10.0 Å². The number of anilines is 1. The van der Waals surface area contributed by atoms with E-state index >= 15 is 0 Å². The predicted octanol–water partition coefficient (Wildman–Crippen LogP) is 3.61. The predicted molar refractivity (Wildman–Crippen MR) is 101 cm³/mol. The molecule has 134 valence electrons. The van der Waals surface area contributed by atoms with Crippen molar-refractivity contribution in [2.24, 2.45) is 0 Å². The van der Waals surface area contributed by atoms with Crippen molar-refractivity contribution in [1.82, 2.24) is 4.90 Å². The summed E-state index contributed by atoms with van der Waals surface area (Å²) in [5.41, 5.74) is 0.309. The van der Waals surface area contributed by atoms with Crippen LogP contribution in [0.5, 0.6) is 5.75 Å². The molecule has 25 heavy (non-hydrogen) atoms. The second-order valence-corrected chi connectivity index (χ2v) is 8.26. The van der Waals surface area contributed by atoms with Crippen LogP contribution in [0.15, 0.2) is 45.8 Å². The fourth-order valence-corrected chi connectivity index (χ4v) is 4.01. The summed E-state index contributed by atoms with van der Waals surface area (Å²) < 4.78 is 33.3. The van der Waals surface area contributed by atoms with Gasteiger partial charge in [0.1, 0.15) is 5.75 Å². The van der Waals surface area contributed by atoms with Gasteiger partial charge in [-0.05, 0) is 52.3 Å². The van der Waals surface area contributed by atoms with Gasteiger partial charge >= 0.3 is 0 Å². The lowest BCUT2D eigenvalue weighted by atomic mass is 10.1. The SMILES string of the molecule is COc1ccc(S(=O)(=O)Nc2cc(Cl)ccc2C(=O)N(C)C)cc1Br. The van der Waals surface area contributed by atoms with Crippen molar-refractivity contribution in [2.75, 3.05) is 25.9 Å². The first-order valence-electron chi connectivity index (χ1n) is 7.03. The van der Waals surface area contributed by atoms with E-state index in [2.05, 4.69) is 20.7 Å². The topological polar surface area (TPSA) is 75.7 Å². The lowest BCUT2D eigenvalue weighted by Crippen LogP contribution is -2.24. The summed E-state index contributed by atoms with van der Waals surface area (Å²) in [5, 5.41) is 0.309. The standard InChI is InChI=1S/C16H16BrClN2O4S/c1-20(2)16(21)12-6-4-10(18)8-14(12)19-25(22,23)11-5-7-15(24-3)13(17)9-11/h4-9,19H,1-3H3. The highest BCUT2D eigenvalue weighted by atomic mass is 79.9. The van der Waals surface area contributed by atoms with Crippen molar-refractivity contribution >= 4 is 49.1 Å². The highest BCUT2D eigenvalue weighted by Crippen LogP contribution is 2.29. The minimum atomic E-state index is -3.92. The van der Waals surface area contributed by atoms with E-state index < -0.39 is 10.0 Å². The average molecular weight is 448 g/mol. The molecule has 0 aliphatic rings. The molecule has 1 N–H and O–H groups in total. The Balaban J connectivity index is 2.46. The van der Waals surface area contributed by atoms with Crippen LogP contribution in [0.4, 0.5) is 5.69 Å². The number of nitrogens with one attached hydrogen (secondary N) is 1. The van der Waals surface area contributed by atoms with E-state index in [4.69, 9.17) is 16.3 Å². The van der Waals surface area contributed by atoms with Crippen molar-refractivity contribution in [3.8, 4) is 5.75 Å². The van der Waals surface area contributed by atoms with Crippen LogP contribution in [-0.4, -0.2) is 40.4 Å². The lowest BCUT2D eigenvalue weighted by molar-refractivity contribution is 0.0828. The molecule has 2 aromatic rings. The fourth-order valence-electron chi connectivity index (χ4n) is 2.05. The van der Waals surface area contributed by atoms with E-state index in [0.717, 1.165) is 0 Å². The molecule has 0 radical (unpaired) electrons. The molecule has 0 unspecified atom stereocenters. The third-order valence-electron chi connectivity index (χ3n) is 3.30. The van der Waals surface area contributed by atoms with Gasteiger partial charge in [0.15, 0.2) is 0 Å². The van der Waals surface area contributed by atoms with Crippen LogP contribution in [0.1, 0.15) is 10.4 Å². The smallest absolute Gasteiger partial charge is 0.261 e. The molecule has 2 aromatic carbocycles. The Bertz CT molecular complexity index is 916. The van der Waals surface area contributed by atoms with Crippen LogP contribution in [0.2, 0.25) is 5.02 Å². The van der Waals surface area contributed by atoms with E-state index in [1.165, 1.54) is 48.4 Å². The number of benzene rings is 2. The summed E-state index contributed by atoms with van der Waals surface area (Å²) in [6, 6.07) is 8.76. The number of carbonyl (C=O) groups is 1. The highest BCUT2D eigenvalue weighted by molar-refractivity contribution is 9.10. The van der Waals surface area contributed by atoms with E-state index in [1.807, 2.05) is 0 Å². The number of hydrogen-bond acceptors (Lipinski definition) is 4. The maximum Gasteiger partial charge on any atom is 0.261 e. The van der Waals surface area contributed by atoms with Crippen molar-refractivity contribution in [3.05, 3.63) is 51.5 Å². The average Bonchev–Trinajstić information content (AvgIpc) is 2.53. The second-order valence-electron chi connectivity index (χ2n) is 5.29. The zero-order valence-electron chi connectivity index (χ0n) is 13.7. The van der Waals surface area contributed by atoms with Crippen LogP contribution in [0, 0.1) is 0 Å². The van der Waals surface area contributed by atoms with Gasteiger partial charge < -0.3 is 9.64 Å². The van der Waals surface area contributed by atoms with Gasteiger partial charge in [-0.2, -0.15) is 0 Å². The van der Waals surface area contributed by atoms with Crippen LogP contribution >= 0.6 is 27.5 Å². The summed E-state index contributed by atoms with van der Waals surface area (Å²) in [7, 11) is 0.718. The third-order valence-corrected chi connectivity index (χ3v) is 5.51. The lowest BCUT2D eigenvalue weighted by Gasteiger charge is -2.16. The maximum atomic E-state index is 12.7. The zero-order valence-corrected chi connectivity index (χ0v) is 16.9. The van der Waals surface area contributed by atoms with Gasteiger partial charge in [-0.3, -0.25) is 9.52 Å². The molecule has 0 bridgehead atoms. The molecule has 0 aliphatic heterocycles. The molecule has 2 rings (SSSR count). The quantitative estimate of drug-likeness (QED) is 0.760. The molecule has 0 aromatic heterocycles. The Hall–Kier alpha value is -1.77. The molecule has 0 saturated heterocycles. The van der Waals surface area contributed by atoms with Gasteiger partial charge in [-0.15, -0.1) is 0 Å². The normalized spacial score (nSPS) is 11.1. The van der Waals surface area contributed by atoms with Gasteiger partial charge in [-0.25, -0.2) is 8.42 Å². The Morgan fingerprint density at radius 1 is 1.20 bits per heavy atom. The number of methoxy groups -OCH3 is 1. The number of hydrogen-bond donors (Lipinski definition) is 1. The molecule has 0 fully saturated rings. The molecule has 9 heteroatoms. The van der Waals surface area contributed by atoms with Crippen LogP contribution in [0.25, 0.3) is 0 Å². The first kappa shape index (κ1) is 19.6. The van der Waals surface area contributed by atoms with Crippen molar-refractivity contribution < 1.29 is 17.9 Å². The number of sulfonamides is 1. The first-order valence-corrected chi connectivity index (χ1v) is 9.68. The Labute approximate surface area is 159 Å². The molecule has 0 spiro atoms. The van der Waals surface area contributed by atoms with Gasteiger partial charge in [-0.1, -0.05) is 11.6 Å². The van der Waals surface area contributed by atoms with Gasteiger partial charge in [0.2, 0.25) is 0 Å². The number of rotatable bonds is 5. The van der Waals surface area contributed by atoms with E-state index in [0.29, 0.717) is 15.2 Å². The van der Waals surface area contributed by atoms with Gasteiger partial charge in [0, 0.05) is 19.1 Å². The van der Waals surface area contributed by atoms with Crippen molar-refractivity contribution in [2.45, 2.75) is 4.90 Å². The number of ether oxygens (including phenoxy) is 1. The summed E-state index contributed by atoms with van der Waals surface area (Å²) in [4.78, 5) is 13.6. The van der Waals surface area contributed by atoms with Crippen molar-refractivity contribution in [3.63, 3.8) is 0 Å². The highest BCUT2D eigenvalue weighted by Gasteiger charge is 2.21. The summed E-state index contributed by atoms with van der Waals surface area (Å²) in [5.74, 6) is 0.162.